The van der Waals surface area contributed by atoms with Crippen LogP contribution >= 0.6 is 15.9 Å². The second-order valence-corrected chi connectivity index (χ2v) is 8.10. The molecule has 174 valence electrons. The number of hydrogen-bond acceptors (Lipinski definition) is 5. The lowest BCUT2D eigenvalue weighted by Crippen LogP contribution is -2.35. The fraction of sp³-hybridized carbons (Fsp3) is 0.154. The van der Waals surface area contributed by atoms with Crippen molar-refractivity contribution in [3.63, 3.8) is 0 Å². The van der Waals surface area contributed by atoms with Crippen LogP contribution in [-0.2, 0) is 9.59 Å². The van der Waals surface area contributed by atoms with Gasteiger partial charge >= 0.3 is 0 Å². The predicted octanol–water partition coefficient (Wildman–Crippen LogP) is 4.77. The van der Waals surface area contributed by atoms with Crippen molar-refractivity contribution >= 4 is 39.5 Å². The van der Waals surface area contributed by atoms with Gasteiger partial charge < -0.3 is 14.2 Å². The van der Waals surface area contributed by atoms with Gasteiger partial charge in [0.05, 0.1) is 16.8 Å². The first-order valence-corrected chi connectivity index (χ1v) is 11.5. The van der Waals surface area contributed by atoms with Gasteiger partial charge in [-0.3, -0.25) is 15.0 Å². The molecule has 1 aliphatic rings. The second-order valence-electron chi connectivity index (χ2n) is 7.25. The quantitative estimate of drug-likeness (QED) is 0.249. The largest absolute Gasteiger partial charge is 0.490 e. The van der Waals surface area contributed by atoms with E-state index < -0.39 is 11.8 Å². The van der Waals surface area contributed by atoms with Gasteiger partial charge in [0, 0.05) is 0 Å². The zero-order valence-electron chi connectivity index (χ0n) is 18.5. The van der Waals surface area contributed by atoms with Crippen LogP contribution < -0.4 is 24.6 Å². The van der Waals surface area contributed by atoms with Crippen LogP contribution in [0.1, 0.15) is 12.5 Å². The van der Waals surface area contributed by atoms with E-state index in [0.717, 1.165) is 5.75 Å². The average Bonchev–Trinajstić information content (AvgIpc) is 3.13. The second kappa shape index (κ2) is 10.9. The minimum absolute atomic E-state index is 0.0307. The Morgan fingerprint density at radius 1 is 0.912 bits per heavy atom. The minimum atomic E-state index is -0.471. The van der Waals surface area contributed by atoms with Crippen molar-refractivity contribution in [3.05, 3.63) is 88.4 Å². The molecule has 0 saturated carbocycles. The Morgan fingerprint density at radius 3 is 2.29 bits per heavy atom. The van der Waals surface area contributed by atoms with Crippen LogP contribution in [0.3, 0.4) is 0 Å². The summed E-state index contributed by atoms with van der Waals surface area (Å²) in [5.74, 6) is 0.884. The van der Waals surface area contributed by atoms with Crippen LogP contribution in [0, 0.1) is 0 Å². The molecule has 1 fully saturated rings. The van der Waals surface area contributed by atoms with Crippen molar-refractivity contribution < 1.29 is 23.8 Å². The molecule has 0 aromatic heterocycles. The molecule has 1 aliphatic heterocycles. The predicted molar refractivity (Wildman–Crippen MR) is 133 cm³/mol. The minimum Gasteiger partial charge on any atom is -0.490 e. The number of nitrogens with zero attached hydrogens (tertiary/aromatic N) is 1. The van der Waals surface area contributed by atoms with Gasteiger partial charge in [0.2, 0.25) is 0 Å². The van der Waals surface area contributed by atoms with Crippen molar-refractivity contribution in [2.75, 3.05) is 24.8 Å². The molecule has 1 heterocycles. The lowest BCUT2D eigenvalue weighted by Gasteiger charge is -2.15. The first-order valence-electron chi connectivity index (χ1n) is 10.8. The van der Waals surface area contributed by atoms with Crippen molar-refractivity contribution in [2.24, 2.45) is 0 Å². The molecule has 0 bridgehead atoms. The smallest absolute Gasteiger partial charge is 0.282 e. The number of halogens is 1. The lowest BCUT2D eigenvalue weighted by molar-refractivity contribution is -0.117. The number of rotatable bonds is 9. The molecular weight excluding hydrogens is 500 g/mol. The maximum Gasteiger partial charge on any atom is 0.282 e. The number of anilines is 1. The van der Waals surface area contributed by atoms with E-state index in [9.17, 15) is 9.59 Å². The van der Waals surface area contributed by atoms with Crippen LogP contribution in [0.4, 0.5) is 5.69 Å². The van der Waals surface area contributed by atoms with E-state index in [2.05, 4.69) is 21.4 Å². The van der Waals surface area contributed by atoms with Gasteiger partial charge in [0.15, 0.2) is 11.5 Å². The number of amides is 2. The number of benzene rings is 3. The third-order valence-electron chi connectivity index (χ3n) is 4.89. The van der Waals surface area contributed by atoms with Gasteiger partial charge in [0.1, 0.15) is 24.5 Å². The highest BCUT2D eigenvalue weighted by Gasteiger charge is 2.34. The number of carbonyl (C=O) groups is 2. The molecular formula is C26H23BrN2O5. The van der Waals surface area contributed by atoms with E-state index in [0.29, 0.717) is 47.0 Å². The van der Waals surface area contributed by atoms with Crippen LogP contribution in [-0.4, -0.2) is 31.6 Å². The maximum absolute atomic E-state index is 12.9. The van der Waals surface area contributed by atoms with E-state index in [1.165, 1.54) is 11.1 Å². The maximum atomic E-state index is 12.9. The van der Waals surface area contributed by atoms with E-state index in [-0.39, 0.29) is 5.57 Å². The number of hydrogen-bond donors (Lipinski definition) is 1. The first kappa shape index (κ1) is 23.4. The van der Waals surface area contributed by atoms with Crippen LogP contribution in [0.15, 0.2) is 82.8 Å². The first-order chi connectivity index (χ1) is 16.6. The SMILES string of the molecule is CCOc1cc(/C=C2\C(=O)NN(c3ccccc3)C2=O)cc(Br)c1OCCOc1ccccc1. The summed E-state index contributed by atoms with van der Waals surface area (Å²) in [6, 6.07) is 21.9. The molecule has 0 unspecified atom stereocenters. The molecule has 0 spiro atoms. The summed E-state index contributed by atoms with van der Waals surface area (Å²) in [4.78, 5) is 25.4. The monoisotopic (exact) mass is 522 g/mol. The Kier molecular flexibility index (Phi) is 7.49. The van der Waals surface area contributed by atoms with Gasteiger partial charge in [-0.2, -0.15) is 0 Å². The summed E-state index contributed by atoms with van der Waals surface area (Å²) < 4.78 is 18.0. The Morgan fingerprint density at radius 2 is 1.59 bits per heavy atom. The Balaban J connectivity index is 1.51. The van der Waals surface area contributed by atoms with E-state index in [1.54, 1.807) is 36.4 Å². The molecule has 1 saturated heterocycles. The van der Waals surface area contributed by atoms with Crippen molar-refractivity contribution in [1.82, 2.24) is 5.43 Å². The van der Waals surface area contributed by atoms with Crippen LogP contribution in [0.5, 0.6) is 17.2 Å². The van der Waals surface area contributed by atoms with Crippen molar-refractivity contribution in [1.29, 1.82) is 0 Å². The highest BCUT2D eigenvalue weighted by Crippen LogP contribution is 2.38. The summed E-state index contributed by atoms with van der Waals surface area (Å²) in [6.45, 7) is 2.95. The molecule has 3 aromatic rings. The number of para-hydroxylation sites is 2. The topological polar surface area (TPSA) is 77.1 Å². The van der Waals surface area contributed by atoms with Crippen LogP contribution in [0.2, 0.25) is 0 Å². The zero-order chi connectivity index (χ0) is 23.9. The van der Waals surface area contributed by atoms with Crippen molar-refractivity contribution in [3.8, 4) is 17.2 Å². The van der Waals surface area contributed by atoms with E-state index >= 15 is 0 Å². The third-order valence-corrected chi connectivity index (χ3v) is 5.48. The molecule has 0 atom stereocenters. The summed E-state index contributed by atoms with van der Waals surface area (Å²) >= 11 is 3.52. The number of hydrazine groups is 1. The fourth-order valence-corrected chi connectivity index (χ4v) is 3.95. The zero-order valence-corrected chi connectivity index (χ0v) is 20.1. The molecule has 4 rings (SSSR count). The van der Waals surface area contributed by atoms with E-state index in [4.69, 9.17) is 14.2 Å². The summed E-state index contributed by atoms with van der Waals surface area (Å²) in [5, 5.41) is 1.23. The molecule has 0 radical (unpaired) electrons. The van der Waals surface area contributed by atoms with Crippen molar-refractivity contribution in [2.45, 2.75) is 6.92 Å². The fourth-order valence-electron chi connectivity index (χ4n) is 3.38. The van der Waals surface area contributed by atoms with Gasteiger partial charge in [-0.15, -0.1) is 0 Å². The Hall–Kier alpha value is -3.78. The molecule has 7 nitrogen and oxygen atoms in total. The molecule has 34 heavy (non-hydrogen) atoms. The van der Waals surface area contributed by atoms with Gasteiger partial charge in [-0.25, -0.2) is 5.01 Å². The van der Waals surface area contributed by atoms with Gasteiger partial charge in [-0.05, 0) is 70.9 Å². The average molecular weight is 523 g/mol. The third kappa shape index (κ3) is 5.40. The molecule has 3 aromatic carbocycles. The molecule has 2 amide bonds. The van der Waals surface area contributed by atoms with Crippen LogP contribution in [0.25, 0.3) is 6.08 Å². The number of carbonyl (C=O) groups excluding carboxylic acids is 2. The number of ether oxygens (including phenoxy) is 3. The summed E-state index contributed by atoms with van der Waals surface area (Å²) in [6.07, 6.45) is 1.54. The lowest BCUT2D eigenvalue weighted by atomic mass is 10.1. The normalized spacial score (nSPS) is 14.3. The number of nitrogens with one attached hydrogen (secondary N) is 1. The Bertz CT molecular complexity index is 1200. The highest BCUT2D eigenvalue weighted by atomic mass is 79.9. The summed E-state index contributed by atoms with van der Waals surface area (Å²) in [5.41, 5.74) is 3.84. The molecule has 1 N–H and O–H groups in total. The van der Waals surface area contributed by atoms with Gasteiger partial charge in [0.25, 0.3) is 11.8 Å². The Labute approximate surface area is 206 Å². The van der Waals surface area contributed by atoms with E-state index in [1.807, 2.05) is 43.3 Å². The standard InChI is InChI=1S/C26H23BrN2O5/c1-2-32-23-17-18(15-21-25(30)28-29(26(21)31)19-9-5-3-6-10-19)16-22(27)24(23)34-14-13-33-20-11-7-4-8-12-20/h3-12,15-17H,2,13-14H2,1H3,(H,28,30)/b21-15+. The molecule has 8 heteroatoms. The van der Waals surface area contributed by atoms with Gasteiger partial charge in [-0.1, -0.05) is 36.4 Å². The highest BCUT2D eigenvalue weighted by molar-refractivity contribution is 9.10. The summed E-state index contributed by atoms with van der Waals surface area (Å²) in [7, 11) is 0. The molecule has 0 aliphatic carbocycles.